The number of aromatic amines is 1. The first kappa shape index (κ1) is 17.8. The molecule has 0 aliphatic heterocycles. The molecule has 26 heavy (non-hydrogen) atoms. The van der Waals surface area contributed by atoms with Gasteiger partial charge >= 0.3 is 5.97 Å². The standard InChI is InChI=1S/C18H17N3O4S/c1-24-14-9-5-8-13(16(14)25-10-12-6-3-2-4-7-12)17-19-18(21-20-17)26-11-15(22)23/h2-9H,10-11H2,1H3,(H,22,23)(H,19,20,21). The van der Waals surface area contributed by atoms with Crippen LogP contribution in [0.4, 0.5) is 0 Å². The van der Waals surface area contributed by atoms with Crippen LogP contribution in [0.25, 0.3) is 11.4 Å². The Morgan fingerprint density at radius 3 is 2.69 bits per heavy atom. The fourth-order valence-corrected chi connectivity index (χ4v) is 2.83. The maximum absolute atomic E-state index is 10.7. The van der Waals surface area contributed by atoms with Gasteiger partial charge in [-0.25, -0.2) is 0 Å². The maximum atomic E-state index is 10.7. The van der Waals surface area contributed by atoms with Gasteiger partial charge in [0.25, 0.3) is 0 Å². The fraction of sp³-hybridized carbons (Fsp3) is 0.167. The molecule has 2 N–H and O–H groups in total. The number of nitrogens with zero attached hydrogens (tertiary/aromatic N) is 2. The SMILES string of the molecule is COc1cccc(-c2nnc(SCC(=O)O)[nH]2)c1OCc1ccccc1. The summed E-state index contributed by atoms with van der Waals surface area (Å²) in [6.45, 7) is 0.378. The number of benzene rings is 2. The number of para-hydroxylation sites is 1. The zero-order valence-electron chi connectivity index (χ0n) is 14.0. The third kappa shape index (κ3) is 4.34. The highest BCUT2D eigenvalue weighted by Crippen LogP contribution is 2.37. The Hall–Kier alpha value is -3.00. The molecule has 0 spiro atoms. The Morgan fingerprint density at radius 2 is 1.96 bits per heavy atom. The van der Waals surface area contributed by atoms with Crippen LogP contribution in [0.3, 0.4) is 0 Å². The third-order valence-electron chi connectivity index (χ3n) is 3.48. The Kier molecular flexibility index (Phi) is 5.75. The summed E-state index contributed by atoms with van der Waals surface area (Å²) < 4.78 is 11.4. The van der Waals surface area contributed by atoms with E-state index in [4.69, 9.17) is 14.6 Å². The number of carbonyl (C=O) groups is 1. The molecule has 0 aliphatic rings. The quantitative estimate of drug-likeness (QED) is 0.587. The van der Waals surface area contributed by atoms with Gasteiger partial charge in [-0.3, -0.25) is 4.79 Å². The summed E-state index contributed by atoms with van der Waals surface area (Å²) >= 11 is 1.07. The van der Waals surface area contributed by atoms with E-state index in [9.17, 15) is 4.79 Å². The van der Waals surface area contributed by atoms with Gasteiger partial charge in [0.15, 0.2) is 22.5 Å². The van der Waals surface area contributed by atoms with Crippen LogP contribution >= 0.6 is 11.8 Å². The summed E-state index contributed by atoms with van der Waals surface area (Å²) in [5.41, 5.74) is 1.72. The third-order valence-corrected chi connectivity index (χ3v) is 4.33. The van der Waals surface area contributed by atoms with Crippen molar-refractivity contribution in [3.63, 3.8) is 0 Å². The highest BCUT2D eigenvalue weighted by Gasteiger charge is 2.16. The second-order valence-corrected chi connectivity index (χ2v) is 6.24. The fourth-order valence-electron chi connectivity index (χ4n) is 2.30. The molecule has 0 bridgehead atoms. The first-order valence-corrected chi connectivity index (χ1v) is 8.77. The molecule has 2 aromatic carbocycles. The van der Waals surface area contributed by atoms with E-state index < -0.39 is 5.97 Å². The lowest BCUT2D eigenvalue weighted by atomic mass is 10.1. The van der Waals surface area contributed by atoms with Crippen LogP contribution < -0.4 is 9.47 Å². The average molecular weight is 371 g/mol. The van der Waals surface area contributed by atoms with Crippen molar-refractivity contribution in [2.75, 3.05) is 12.9 Å². The molecule has 3 aromatic rings. The molecule has 1 heterocycles. The minimum atomic E-state index is -0.916. The number of H-pyrrole nitrogens is 1. The van der Waals surface area contributed by atoms with E-state index >= 15 is 0 Å². The molecule has 134 valence electrons. The van der Waals surface area contributed by atoms with Crippen molar-refractivity contribution in [3.8, 4) is 22.9 Å². The molecule has 7 nitrogen and oxygen atoms in total. The second-order valence-electron chi connectivity index (χ2n) is 5.27. The normalized spacial score (nSPS) is 10.5. The minimum absolute atomic E-state index is 0.0931. The lowest BCUT2D eigenvalue weighted by Crippen LogP contribution is -2.00. The zero-order chi connectivity index (χ0) is 18.4. The molecule has 3 rings (SSSR count). The van der Waals surface area contributed by atoms with Crippen LogP contribution in [0.2, 0.25) is 0 Å². The van der Waals surface area contributed by atoms with Gasteiger partial charge in [-0.1, -0.05) is 48.2 Å². The van der Waals surface area contributed by atoms with E-state index in [-0.39, 0.29) is 5.75 Å². The molecule has 0 amide bonds. The van der Waals surface area contributed by atoms with Crippen LogP contribution in [-0.4, -0.2) is 39.1 Å². The molecule has 0 fully saturated rings. The summed E-state index contributed by atoms with van der Waals surface area (Å²) in [6.07, 6.45) is 0. The number of ether oxygens (including phenoxy) is 2. The Morgan fingerprint density at radius 1 is 1.15 bits per heavy atom. The Labute approximate surface area is 154 Å². The number of nitrogens with one attached hydrogen (secondary N) is 1. The molecule has 0 radical (unpaired) electrons. The van der Waals surface area contributed by atoms with E-state index in [2.05, 4.69) is 15.2 Å². The number of hydrogen-bond donors (Lipinski definition) is 2. The summed E-state index contributed by atoms with van der Waals surface area (Å²) in [5, 5.41) is 17.3. The highest BCUT2D eigenvalue weighted by atomic mass is 32.2. The van der Waals surface area contributed by atoms with Crippen LogP contribution in [0.5, 0.6) is 11.5 Å². The van der Waals surface area contributed by atoms with Crippen LogP contribution in [0.1, 0.15) is 5.56 Å². The number of thioether (sulfide) groups is 1. The van der Waals surface area contributed by atoms with Crippen LogP contribution in [-0.2, 0) is 11.4 Å². The van der Waals surface area contributed by atoms with Crippen molar-refractivity contribution in [2.45, 2.75) is 11.8 Å². The van der Waals surface area contributed by atoms with Crippen molar-refractivity contribution < 1.29 is 19.4 Å². The van der Waals surface area contributed by atoms with Gasteiger partial charge in [-0.2, -0.15) is 0 Å². The molecule has 8 heteroatoms. The minimum Gasteiger partial charge on any atom is -0.493 e. The first-order chi connectivity index (χ1) is 12.7. The zero-order valence-corrected chi connectivity index (χ0v) is 14.8. The smallest absolute Gasteiger partial charge is 0.313 e. The van der Waals surface area contributed by atoms with Gasteiger partial charge in [0.05, 0.1) is 18.4 Å². The van der Waals surface area contributed by atoms with E-state index in [1.54, 1.807) is 13.2 Å². The van der Waals surface area contributed by atoms with Gasteiger partial charge in [-0.05, 0) is 17.7 Å². The molecule has 0 saturated carbocycles. The molecule has 0 saturated heterocycles. The average Bonchev–Trinajstić information content (AvgIpc) is 3.14. The molecular formula is C18H17N3O4S. The number of aliphatic carboxylic acids is 1. The van der Waals surface area contributed by atoms with Crippen molar-refractivity contribution in [2.24, 2.45) is 0 Å². The molecule has 0 unspecified atom stereocenters. The summed E-state index contributed by atoms with van der Waals surface area (Å²) in [4.78, 5) is 13.7. The van der Waals surface area contributed by atoms with Crippen LogP contribution in [0, 0.1) is 0 Å². The monoisotopic (exact) mass is 371 g/mol. The van der Waals surface area contributed by atoms with Gasteiger partial charge in [-0.15, -0.1) is 10.2 Å². The molecule has 0 aliphatic carbocycles. The Balaban J connectivity index is 1.86. The predicted octanol–water partition coefficient (Wildman–Crippen LogP) is 3.24. The lowest BCUT2D eigenvalue weighted by Gasteiger charge is -2.14. The summed E-state index contributed by atoms with van der Waals surface area (Å²) in [5.74, 6) is 0.602. The number of carboxylic acids is 1. The van der Waals surface area contributed by atoms with E-state index in [1.165, 1.54) is 0 Å². The van der Waals surface area contributed by atoms with Crippen molar-refractivity contribution in [3.05, 3.63) is 54.1 Å². The molecule has 1 aromatic heterocycles. The molecule has 0 atom stereocenters. The van der Waals surface area contributed by atoms with Crippen molar-refractivity contribution in [1.82, 2.24) is 15.2 Å². The lowest BCUT2D eigenvalue weighted by molar-refractivity contribution is -0.133. The summed E-state index contributed by atoms with van der Waals surface area (Å²) in [7, 11) is 1.57. The largest absolute Gasteiger partial charge is 0.493 e. The van der Waals surface area contributed by atoms with Crippen molar-refractivity contribution >= 4 is 17.7 Å². The summed E-state index contributed by atoms with van der Waals surface area (Å²) in [6, 6.07) is 15.3. The number of aromatic nitrogens is 3. The second kappa shape index (κ2) is 8.39. The Bertz CT molecular complexity index is 883. The van der Waals surface area contributed by atoms with Crippen molar-refractivity contribution in [1.29, 1.82) is 0 Å². The number of rotatable bonds is 8. The maximum Gasteiger partial charge on any atom is 0.313 e. The topological polar surface area (TPSA) is 97.3 Å². The van der Waals surface area contributed by atoms with Gasteiger partial charge in [0.1, 0.15) is 6.61 Å². The van der Waals surface area contributed by atoms with E-state index in [0.717, 1.165) is 17.3 Å². The number of hydrogen-bond acceptors (Lipinski definition) is 6. The predicted molar refractivity (Wildman–Crippen MR) is 97.5 cm³/mol. The van der Waals surface area contributed by atoms with Gasteiger partial charge < -0.3 is 19.6 Å². The number of carboxylic acid groups (broad SMARTS) is 1. The van der Waals surface area contributed by atoms with E-state index in [0.29, 0.717) is 34.7 Å². The van der Waals surface area contributed by atoms with Gasteiger partial charge in [0.2, 0.25) is 0 Å². The van der Waals surface area contributed by atoms with Crippen LogP contribution in [0.15, 0.2) is 53.7 Å². The molecular weight excluding hydrogens is 354 g/mol. The highest BCUT2D eigenvalue weighted by molar-refractivity contribution is 7.99. The first-order valence-electron chi connectivity index (χ1n) is 7.78. The number of methoxy groups -OCH3 is 1. The van der Waals surface area contributed by atoms with Gasteiger partial charge in [0, 0.05) is 0 Å². The van der Waals surface area contributed by atoms with E-state index in [1.807, 2.05) is 42.5 Å².